The molecular formula is C60H111N3O6. The van der Waals surface area contributed by atoms with Crippen LogP contribution in [0.25, 0.3) is 0 Å². The van der Waals surface area contributed by atoms with Crippen molar-refractivity contribution in [1.29, 1.82) is 0 Å². The zero-order valence-electron chi connectivity index (χ0n) is 45.9. The Hall–Kier alpha value is -2.58. The molecule has 0 radical (unpaired) electrons. The van der Waals surface area contributed by atoms with E-state index in [4.69, 9.17) is 0 Å². The van der Waals surface area contributed by atoms with Crippen molar-refractivity contribution >= 4 is 35.4 Å². The molecule has 0 atom stereocenters. The summed E-state index contributed by atoms with van der Waals surface area (Å²) in [6, 6.07) is 0. The third-order valence-corrected chi connectivity index (χ3v) is 14.6. The molecule has 69 heavy (non-hydrogen) atoms. The number of amides is 6. The van der Waals surface area contributed by atoms with Crippen LogP contribution in [0.3, 0.4) is 0 Å². The average molecular weight is 971 g/mol. The largest absolute Gasteiger partial charge is 0.283 e. The predicted octanol–water partition coefficient (Wildman–Crippen LogP) is 16.9. The summed E-state index contributed by atoms with van der Waals surface area (Å²) in [7, 11) is 0. The number of hydrogen-bond acceptors (Lipinski definition) is 6. The maximum absolute atomic E-state index is 12.2. The van der Waals surface area contributed by atoms with Crippen molar-refractivity contribution in [3.63, 3.8) is 0 Å². The van der Waals surface area contributed by atoms with E-state index in [-0.39, 0.29) is 35.4 Å². The third-order valence-electron chi connectivity index (χ3n) is 14.6. The molecule has 3 aliphatic rings. The number of nitrogens with zero attached hydrogens (tertiary/aromatic N) is 3. The number of carbonyl (C=O) groups is 6. The maximum Gasteiger partial charge on any atom is 0.229 e. The van der Waals surface area contributed by atoms with Crippen molar-refractivity contribution < 1.29 is 28.8 Å². The molecule has 0 spiro atoms. The van der Waals surface area contributed by atoms with Gasteiger partial charge in [0.25, 0.3) is 0 Å². The van der Waals surface area contributed by atoms with Gasteiger partial charge in [-0.25, -0.2) is 0 Å². The molecule has 0 aromatic heterocycles. The van der Waals surface area contributed by atoms with Crippen molar-refractivity contribution in [1.82, 2.24) is 14.7 Å². The van der Waals surface area contributed by atoms with Crippen LogP contribution in [0.1, 0.15) is 329 Å². The maximum atomic E-state index is 12.2. The van der Waals surface area contributed by atoms with Gasteiger partial charge in [0.05, 0.1) is 0 Å². The summed E-state index contributed by atoms with van der Waals surface area (Å²) in [5.74, 6) is 0.329. The van der Waals surface area contributed by atoms with Gasteiger partial charge in [-0.05, 0) is 57.8 Å². The van der Waals surface area contributed by atoms with Gasteiger partial charge in [-0.15, -0.1) is 0 Å². The van der Waals surface area contributed by atoms with Crippen molar-refractivity contribution in [2.24, 2.45) is 0 Å². The third kappa shape index (κ3) is 36.9. The van der Waals surface area contributed by atoms with Crippen molar-refractivity contribution in [3.8, 4) is 0 Å². The Labute approximate surface area is 426 Å². The fourth-order valence-electron chi connectivity index (χ4n) is 9.97. The fourth-order valence-corrected chi connectivity index (χ4v) is 9.97. The molecular weight excluding hydrogens is 859 g/mol. The van der Waals surface area contributed by atoms with E-state index < -0.39 is 0 Å². The highest BCUT2D eigenvalue weighted by atomic mass is 16.2. The second-order valence-electron chi connectivity index (χ2n) is 21.1. The minimum Gasteiger partial charge on any atom is -0.283 e. The molecule has 0 saturated carbocycles. The minimum atomic E-state index is 0.0495. The smallest absolute Gasteiger partial charge is 0.229 e. The molecule has 0 unspecified atom stereocenters. The molecule has 3 saturated heterocycles. The first kappa shape index (κ1) is 64.4. The highest BCUT2D eigenvalue weighted by Gasteiger charge is 2.24. The van der Waals surface area contributed by atoms with Crippen LogP contribution in [0.4, 0.5) is 0 Å². The van der Waals surface area contributed by atoms with Crippen LogP contribution in [0.15, 0.2) is 0 Å². The van der Waals surface area contributed by atoms with Crippen LogP contribution in [-0.2, 0) is 28.8 Å². The van der Waals surface area contributed by atoms with E-state index in [1.165, 1.54) is 194 Å². The van der Waals surface area contributed by atoms with Gasteiger partial charge in [0, 0.05) is 58.2 Å². The van der Waals surface area contributed by atoms with Crippen LogP contribution < -0.4 is 0 Å². The van der Waals surface area contributed by atoms with Crippen LogP contribution in [-0.4, -0.2) is 69.8 Å². The van der Waals surface area contributed by atoms with Crippen LogP contribution >= 0.6 is 0 Å². The molecule has 0 aliphatic carbocycles. The Balaban J connectivity index is 0.000000524. The van der Waals surface area contributed by atoms with E-state index in [9.17, 15) is 28.8 Å². The zero-order valence-corrected chi connectivity index (χ0v) is 45.9. The molecule has 6 amide bonds. The van der Waals surface area contributed by atoms with Gasteiger partial charge in [-0.3, -0.25) is 43.5 Å². The first-order chi connectivity index (χ1) is 33.8. The highest BCUT2D eigenvalue weighted by Crippen LogP contribution is 2.19. The molecule has 3 fully saturated rings. The van der Waals surface area contributed by atoms with E-state index in [2.05, 4.69) is 20.8 Å². The second kappa shape index (κ2) is 47.7. The number of likely N-dealkylation sites (tertiary alicyclic amines) is 3. The topological polar surface area (TPSA) is 112 Å². The molecule has 3 heterocycles. The lowest BCUT2D eigenvalue weighted by Gasteiger charge is -2.18. The van der Waals surface area contributed by atoms with Gasteiger partial charge in [0.15, 0.2) is 0 Å². The fraction of sp³-hybridized carbons (Fsp3) is 0.900. The summed E-state index contributed by atoms with van der Waals surface area (Å²) in [4.78, 5) is 76.2. The van der Waals surface area contributed by atoms with Gasteiger partial charge in [0.2, 0.25) is 35.4 Å². The summed E-state index contributed by atoms with van der Waals surface area (Å²) in [6.45, 7) is 8.71. The van der Waals surface area contributed by atoms with Gasteiger partial charge in [-0.1, -0.05) is 233 Å². The number of rotatable bonds is 37. The Morgan fingerprint density at radius 2 is 0.551 bits per heavy atom. The van der Waals surface area contributed by atoms with Crippen LogP contribution in [0, 0.1) is 0 Å². The van der Waals surface area contributed by atoms with E-state index in [0.717, 1.165) is 89.9 Å². The van der Waals surface area contributed by atoms with Gasteiger partial charge >= 0.3 is 0 Å². The Morgan fingerprint density at radius 1 is 0.304 bits per heavy atom. The second-order valence-corrected chi connectivity index (χ2v) is 21.1. The average Bonchev–Trinajstić information content (AvgIpc) is 3.78. The molecule has 402 valence electrons. The molecule has 9 nitrogen and oxygen atoms in total. The molecule has 0 aromatic carbocycles. The van der Waals surface area contributed by atoms with Crippen molar-refractivity contribution in [2.75, 3.05) is 19.6 Å². The predicted molar refractivity (Wildman–Crippen MR) is 289 cm³/mol. The number of unbranched alkanes of at least 4 members (excludes halogenated alkanes) is 31. The standard InChI is InChI=1S/C24H45NO2.2C18H33NO2/c1-2-3-4-5-6-7-8-9-10-11-12-13-14-15-17-20-23(26)25-22-19-16-18-21-24(25)27;1-2-3-4-5-6-7-8-9-11-14-17(20)19-16-13-10-12-15-18(19)21;1-2-3-4-5-6-7-8-9-10-13-16-19-17(20)14-11-12-15-18(19)21/h2-22H2,1H3;2*2-16H2,1H3. The van der Waals surface area contributed by atoms with E-state index in [0.29, 0.717) is 58.2 Å². The lowest BCUT2D eigenvalue weighted by molar-refractivity contribution is -0.146. The molecule has 3 aliphatic heterocycles. The van der Waals surface area contributed by atoms with Gasteiger partial charge in [0.1, 0.15) is 0 Å². The summed E-state index contributed by atoms with van der Waals surface area (Å²) in [6.07, 6.45) is 55.3. The van der Waals surface area contributed by atoms with Crippen LogP contribution in [0.5, 0.6) is 0 Å². The van der Waals surface area contributed by atoms with E-state index >= 15 is 0 Å². The van der Waals surface area contributed by atoms with E-state index in [1.54, 1.807) is 0 Å². The summed E-state index contributed by atoms with van der Waals surface area (Å²) in [5, 5.41) is 0. The Morgan fingerprint density at radius 3 is 0.855 bits per heavy atom. The number of carbonyl (C=O) groups excluding carboxylic acids is 6. The minimum absolute atomic E-state index is 0.0495. The highest BCUT2D eigenvalue weighted by molar-refractivity contribution is 5.96. The summed E-state index contributed by atoms with van der Waals surface area (Å²) >= 11 is 0. The van der Waals surface area contributed by atoms with Crippen LogP contribution in [0.2, 0.25) is 0 Å². The van der Waals surface area contributed by atoms with E-state index in [1.807, 2.05) is 0 Å². The number of hydrogen-bond donors (Lipinski definition) is 0. The first-order valence-electron chi connectivity index (χ1n) is 30.3. The van der Waals surface area contributed by atoms with Gasteiger partial charge in [-0.2, -0.15) is 0 Å². The molecule has 3 rings (SSSR count). The van der Waals surface area contributed by atoms with Crippen molar-refractivity contribution in [2.45, 2.75) is 329 Å². The lowest BCUT2D eigenvalue weighted by Crippen LogP contribution is -2.36. The molecule has 0 aromatic rings. The number of imide groups is 3. The summed E-state index contributed by atoms with van der Waals surface area (Å²) in [5.41, 5.74) is 0. The zero-order chi connectivity index (χ0) is 50.3. The Kier molecular flexibility index (Phi) is 44.6. The van der Waals surface area contributed by atoms with Gasteiger partial charge < -0.3 is 0 Å². The Bertz CT molecular complexity index is 1250. The lowest BCUT2D eigenvalue weighted by atomic mass is 10.0. The normalized spacial score (nSPS) is 15.8. The molecule has 0 bridgehead atoms. The molecule has 9 heteroatoms. The molecule has 0 N–H and O–H groups in total. The summed E-state index contributed by atoms with van der Waals surface area (Å²) < 4.78 is 0. The monoisotopic (exact) mass is 970 g/mol. The quantitative estimate of drug-likeness (QED) is 0.0453. The SMILES string of the molecule is CCCCCCCCCCCC(=O)N1CCCCCC1=O.CCCCCCCCCCCCCCCCCC(=O)N1CCCCCC1=O.CCCCCCCCCCCCN1C(=O)CCCCC1=O. The first-order valence-corrected chi connectivity index (χ1v) is 30.3. The van der Waals surface area contributed by atoms with Crippen molar-refractivity contribution in [3.05, 3.63) is 0 Å².